The third-order valence-corrected chi connectivity index (χ3v) is 7.01. The molecule has 0 amide bonds. The lowest BCUT2D eigenvalue weighted by Crippen LogP contribution is -2.36. The molecule has 1 fully saturated rings. The highest BCUT2D eigenvalue weighted by Crippen LogP contribution is 2.35. The Morgan fingerprint density at radius 1 is 1.06 bits per heavy atom. The normalized spacial score (nSPS) is 16.0. The van der Waals surface area contributed by atoms with Gasteiger partial charge >= 0.3 is 5.97 Å². The average molecular weight is 473 g/mol. The first kappa shape index (κ1) is 21.5. The summed E-state index contributed by atoms with van der Waals surface area (Å²) >= 11 is 0. The van der Waals surface area contributed by atoms with Crippen LogP contribution in [0, 0.1) is 11.7 Å². The maximum Gasteiger partial charge on any atom is 0.306 e. The Labute approximate surface area is 201 Å². The molecule has 3 aromatic heterocycles. The molecule has 1 aromatic carbocycles. The largest absolute Gasteiger partial charge is 0.481 e. The number of hydrogen-bond donors (Lipinski definition) is 3. The van der Waals surface area contributed by atoms with Gasteiger partial charge in [0.15, 0.2) is 0 Å². The van der Waals surface area contributed by atoms with Crippen molar-refractivity contribution in [2.75, 3.05) is 23.3 Å². The van der Waals surface area contributed by atoms with Crippen LogP contribution >= 0.6 is 0 Å². The molecular formula is C26H25FN6O2. The number of carboxylic acid groups (broad SMARTS) is 1. The molecule has 0 aliphatic carbocycles. The molecule has 2 aliphatic heterocycles. The van der Waals surface area contributed by atoms with Gasteiger partial charge in [-0.3, -0.25) is 9.20 Å². The average Bonchev–Trinajstić information content (AvgIpc) is 3.53. The number of hydrogen-bond acceptors (Lipinski definition) is 6. The Bertz CT molecular complexity index is 1410. The lowest BCUT2D eigenvalue weighted by molar-refractivity contribution is -0.142. The number of halogens is 1. The van der Waals surface area contributed by atoms with Crippen molar-refractivity contribution in [1.82, 2.24) is 19.7 Å². The second kappa shape index (κ2) is 8.66. The molecule has 1 saturated heterocycles. The first-order valence-corrected chi connectivity index (χ1v) is 11.8. The Morgan fingerprint density at radius 3 is 2.66 bits per heavy atom. The second-order valence-corrected chi connectivity index (χ2v) is 9.06. The summed E-state index contributed by atoms with van der Waals surface area (Å²) in [5.41, 5.74) is 6.96. The van der Waals surface area contributed by atoms with Gasteiger partial charge in [0.25, 0.3) is 0 Å². The molecule has 0 bridgehead atoms. The molecule has 178 valence electrons. The van der Waals surface area contributed by atoms with Crippen LogP contribution in [-0.2, 0) is 17.9 Å². The van der Waals surface area contributed by atoms with Crippen molar-refractivity contribution in [1.29, 1.82) is 0 Å². The molecule has 8 nitrogen and oxygen atoms in total. The maximum absolute atomic E-state index is 13.6. The lowest BCUT2D eigenvalue weighted by Gasteiger charge is -2.31. The molecule has 0 spiro atoms. The fourth-order valence-electron chi connectivity index (χ4n) is 5.09. The van der Waals surface area contributed by atoms with Gasteiger partial charge in [-0.15, -0.1) is 0 Å². The second-order valence-electron chi connectivity index (χ2n) is 9.06. The van der Waals surface area contributed by atoms with Crippen molar-refractivity contribution in [2.24, 2.45) is 5.92 Å². The van der Waals surface area contributed by atoms with Crippen molar-refractivity contribution in [3.63, 3.8) is 0 Å². The molecule has 6 rings (SSSR count). The summed E-state index contributed by atoms with van der Waals surface area (Å²) in [7, 11) is 0. The van der Waals surface area contributed by atoms with E-state index in [2.05, 4.69) is 37.6 Å². The molecule has 0 atom stereocenters. The van der Waals surface area contributed by atoms with Crippen molar-refractivity contribution in [3.8, 4) is 11.3 Å². The monoisotopic (exact) mass is 472 g/mol. The molecule has 2 aliphatic rings. The van der Waals surface area contributed by atoms with Gasteiger partial charge in [-0.25, -0.2) is 14.4 Å². The van der Waals surface area contributed by atoms with Crippen molar-refractivity contribution in [2.45, 2.75) is 25.9 Å². The third kappa shape index (κ3) is 3.97. The van der Waals surface area contributed by atoms with E-state index in [1.54, 1.807) is 12.4 Å². The number of carboxylic acids is 1. The zero-order valence-electron chi connectivity index (χ0n) is 19.0. The summed E-state index contributed by atoms with van der Waals surface area (Å²) in [5, 5.41) is 16.1. The van der Waals surface area contributed by atoms with E-state index in [-0.39, 0.29) is 11.7 Å². The highest BCUT2D eigenvalue weighted by molar-refractivity contribution is 5.76. The Hall–Kier alpha value is -3.98. The van der Waals surface area contributed by atoms with Crippen molar-refractivity contribution >= 4 is 28.8 Å². The number of carbonyl (C=O) groups is 1. The molecule has 4 aromatic rings. The van der Waals surface area contributed by atoms with Crippen LogP contribution < -0.4 is 15.5 Å². The Balaban J connectivity index is 1.23. The number of aromatic nitrogens is 3. The van der Waals surface area contributed by atoms with Gasteiger partial charge in [-0.1, -0.05) is 6.07 Å². The predicted molar refractivity (Wildman–Crippen MR) is 131 cm³/mol. The molecule has 3 N–H and O–H groups in total. The minimum atomic E-state index is -0.703. The highest BCUT2D eigenvalue weighted by atomic mass is 19.1. The van der Waals surface area contributed by atoms with Crippen LogP contribution in [0.15, 0.2) is 55.0 Å². The van der Waals surface area contributed by atoms with E-state index in [1.807, 2.05) is 22.7 Å². The molecule has 0 saturated carbocycles. The predicted octanol–water partition coefficient (Wildman–Crippen LogP) is 4.18. The fraction of sp³-hybridized carbons (Fsp3) is 0.269. The van der Waals surface area contributed by atoms with E-state index >= 15 is 0 Å². The van der Waals surface area contributed by atoms with Crippen LogP contribution in [-0.4, -0.2) is 38.5 Å². The SMILES string of the molecule is O=C(O)C1CCN(c2ccc(Nc3ccc(-c4cnc5cc(F)ccn45)c4c3CNC4)nc2)CC1. The highest BCUT2D eigenvalue weighted by Gasteiger charge is 2.25. The van der Waals surface area contributed by atoms with Crippen molar-refractivity contribution in [3.05, 3.63) is 71.9 Å². The number of anilines is 3. The van der Waals surface area contributed by atoms with Gasteiger partial charge in [-0.2, -0.15) is 0 Å². The number of fused-ring (bicyclic) bond motifs is 2. The third-order valence-electron chi connectivity index (χ3n) is 7.01. The number of pyridine rings is 2. The molecule has 0 unspecified atom stereocenters. The van der Waals surface area contributed by atoms with Gasteiger partial charge in [0.05, 0.1) is 29.7 Å². The van der Waals surface area contributed by atoms with Crippen LogP contribution in [0.1, 0.15) is 24.0 Å². The number of nitrogens with zero attached hydrogens (tertiary/aromatic N) is 4. The topological polar surface area (TPSA) is 94.8 Å². The number of nitrogens with one attached hydrogen (secondary N) is 2. The minimum absolute atomic E-state index is 0.250. The summed E-state index contributed by atoms with van der Waals surface area (Å²) in [6.07, 6.45) is 6.65. The van der Waals surface area contributed by atoms with Crippen LogP contribution in [0.5, 0.6) is 0 Å². The lowest BCUT2D eigenvalue weighted by atomic mass is 9.97. The summed E-state index contributed by atoms with van der Waals surface area (Å²) in [4.78, 5) is 22.4. The molecule has 35 heavy (non-hydrogen) atoms. The number of piperidine rings is 1. The maximum atomic E-state index is 13.6. The first-order chi connectivity index (χ1) is 17.1. The molecule has 9 heteroatoms. The number of benzene rings is 1. The van der Waals surface area contributed by atoms with E-state index < -0.39 is 5.97 Å². The Morgan fingerprint density at radius 2 is 1.89 bits per heavy atom. The molecule has 5 heterocycles. The summed E-state index contributed by atoms with van der Waals surface area (Å²) in [6.45, 7) is 2.94. The number of rotatable bonds is 5. The first-order valence-electron chi connectivity index (χ1n) is 11.8. The van der Waals surface area contributed by atoms with Crippen LogP contribution in [0.25, 0.3) is 16.9 Å². The molecule has 0 radical (unpaired) electrons. The summed E-state index contributed by atoms with van der Waals surface area (Å²) in [6, 6.07) is 11.0. The van der Waals surface area contributed by atoms with Gasteiger partial charge < -0.3 is 20.6 Å². The van der Waals surface area contributed by atoms with Gasteiger partial charge in [0.1, 0.15) is 17.3 Å². The fourth-order valence-corrected chi connectivity index (χ4v) is 5.09. The zero-order chi connectivity index (χ0) is 23.9. The summed E-state index contributed by atoms with van der Waals surface area (Å²) in [5.74, 6) is -0.503. The van der Waals surface area contributed by atoms with E-state index in [0.29, 0.717) is 18.5 Å². The summed E-state index contributed by atoms with van der Waals surface area (Å²) < 4.78 is 15.5. The standard InChI is InChI=1S/C26H25FN6O2/c27-17-7-10-33-23(15-30-25(33)11-17)19-2-3-22(21-14-28-13-20(19)21)31-24-4-1-18(12-29-24)32-8-5-16(6-9-32)26(34)35/h1-4,7,10-12,15-16,28H,5-6,8-9,13-14H2,(H,29,31)(H,34,35). The van der Waals surface area contributed by atoms with Gasteiger partial charge in [-0.05, 0) is 48.2 Å². The van der Waals surface area contributed by atoms with E-state index in [9.17, 15) is 14.3 Å². The van der Waals surface area contributed by atoms with E-state index in [4.69, 9.17) is 0 Å². The van der Waals surface area contributed by atoms with E-state index in [0.717, 1.165) is 54.6 Å². The van der Waals surface area contributed by atoms with Crippen LogP contribution in [0.3, 0.4) is 0 Å². The molecular weight excluding hydrogens is 447 g/mol. The smallest absolute Gasteiger partial charge is 0.306 e. The Kier molecular flexibility index (Phi) is 5.33. The number of imidazole rings is 1. The van der Waals surface area contributed by atoms with Gasteiger partial charge in [0, 0.05) is 49.7 Å². The van der Waals surface area contributed by atoms with Crippen molar-refractivity contribution < 1.29 is 14.3 Å². The van der Waals surface area contributed by atoms with E-state index in [1.165, 1.54) is 23.3 Å². The van der Waals surface area contributed by atoms with Gasteiger partial charge in [0.2, 0.25) is 0 Å². The van der Waals surface area contributed by atoms with Crippen LogP contribution in [0.2, 0.25) is 0 Å². The quantitative estimate of drug-likeness (QED) is 0.401. The zero-order valence-corrected chi connectivity index (χ0v) is 19.0. The minimum Gasteiger partial charge on any atom is -0.481 e. The van der Waals surface area contributed by atoms with Crippen LogP contribution in [0.4, 0.5) is 21.6 Å². The number of aliphatic carboxylic acids is 1.